The number of carbonyl (C=O) groups excluding carboxylic acids is 1. The molecule has 2 N–H and O–H groups in total. The van der Waals surface area contributed by atoms with Crippen LogP contribution in [0, 0.1) is 28.6 Å². The zero-order valence-corrected chi connectivity index (χ0v) is 18.6. The third kappa shape index (κ3) is 3.70. The fourth-order valence-corrected chi connectivity index (χ4v) is 6.40. The van der Waals surface area contributed by atoms with Gasteiger partial charge >= 0.3 is 5.97 Å². The highest BCUT2D eigenvalue weighted by molar-refractivity contribution is 5.92. The topological polar surface area (TPSA) is 91.6 Å². The maximum atomic E-state index is 11.9. The molecule has 3 aliphatic rings. The van der Waals surface area contributed by atoms with Crippen molar-refractivity contribution in [2.45, 2.75) is 64.0 Å². The maximum absolute atomic E-state index is 11.9. The molecule has 0 amide bonds. The molecule has 0 aromatic heterocycles. The molecule has 0 radical (unpaired) electrons. The van der Waals surface area contributed by atoms with Crippen molar-refractivity contribution in [2.75, 3.05) is 13.7 Å². The number of ether oxygens (including phenoxy) is 2. The van der Waals surface area contributed by atoms with Crippen LogP contribution in [-0.2, 0) is 16.0 Å². The summed E-state index contributed by atoms with van der Waals surface area (Å²) in [7, 11) is 1.71. The average Bonchev–Trinajstić information content (AvgIpc) is 3.04. The summed E-state index contributed by atoms with van der Waals surface area (Å²) in [6.45, 7) is 4.14. The second kappa shape index (κ2) is 8.55. The summed E-state index contributed by atoms with van der Waals surface area (Å²) in [5.41, 5.74) is 2.62. The van der Waals surface area contributed by atoms with Gasteiger partial charge in [0, 0.05) is 6.20 Å². The molecule has 6 nitrogen and oxygen atoms in total. The van der Waals surface area contributed by atoms with E-state index in [0.717, 1.165) is 37.9 Å². The highest BCUT2D eigenvalue weighted by Crippen LogP contribution is 2.61. The van der Waals surface area contributed by atoms with E-state index in [4.69, 9.17) is 9.47 Å². The van der Waals surface area contributed by atoms with Gasteiger partial charge in [0.05, 0.1) is 25.9 Å². The lowest BCUT2D eigenvalue weighted by Crippen LogP contribution is -2.46. The van der Waals surface area contributed by atoms with E-state index in [0.29, 0.717) is 17.8 Å². The first-order valence-electron chi connectivity index (χ1n) is 11.3. The summed E-state index contributed by atoms with van der Waals surface area (Å²) in [5.74, 6) is 1.73. The zero-order valence-electron chi connectivity index (χ0n) is 18.6. The number of nitrogens with one attached hydrogen (secondary N) is 1. The zero-order chi connectivity index (χ0) is 22.2. The Balaban J connectivity index is 1.54. The van der Waals surface area contributed by atoms with Crippen LogP contribution in [0.15, 0.2) is 30.0 Å². The Hall–Kier alpha value is -2.52. The highest BCUT2D eigenvalue weighted by Gasteiger charge is 2.57. The van der Waals surface area contributed by atoms with Gasteiger partial charge in [0.1, 0.15) is 11.8 Å². The summed E-state index contributed by atoms with van der Waals surface area (Å²) in [6, 6.07) is 8.19. The molecule has 0 bridgehead atoms. The summed E-state index contributed by atoms with van der Waals surface area (Å²) < 4.78 is 10.3. The van der Waals surface area contributed by atoms with Crippen molar-refractivity contribution in [2.24, 2.45) is 17.3 Å². The van der Waals surface area contributed by atoms with Crippen molar-refractivity contribution in [3.05, 3.63) is 41.1 Å². The van der Waals surface area contributed by atoms with Crippen molar-refractivity contribution >= 4 is 5.97 Å². The minimum absolute atomic E-state index is 0.0625. The van der Waals surface area contributed by atoms with Gasteiger partial charge in [-0.1, -0.05) is 13.0 Å². The van der Waals surface area contributed by atoms with Gasteiger partial charge in [-0.3, -0.25) is 0 Å². The minimum Gasteiger partial charge on any atom is -0.497 e. The van der Waals surface area contributed by atoms with Gasteiger partial charge in [-0.2, -0.15) is 5.26 Å². The molecular weight excluding hydrogens is 392 g/mol. The predicted octanol–water partition coefficient (Wildman–Crippen LogP) is 3.45. The SMILES string of the molecule is CCOC(=O)/C(C#N)=C\N[C@@H]1C[C@H]2[C@@H]3CCc4cc(OC)ccc4[C@H]3CC[C@]2(C)[C@@H]1O. The number of benzene rings is 1. The number of rotatable bonds is 5. The lowest BCUT2D eigenvalue weighted by Gasteiger charge is -2.50. The van der Waals surface area contributed by atoms with Crippen LogP contribution in [0.5, 0.6) is 5.75 Å². The largest absolute Gasteiger partial charge is 0.497 e. The van der Waals surface area contributed by atoms with Crippen molar-refractivity contribution < 1.29 is 19.4 Å². The van der Waals surface area contributed by atoms with Gasteiger partial charge in [-0.05, 0) is 85.5 Å². The first-order chi connectivity index (χ1) is 14.9. The smallest absolute Gasteiger partial charge is 0.350 e. The number of hydrogen-bond donors (Lipinski definition) is 2. The highest BCUT2D eigenvalue weighted by atomic mass is 16.5. The van der Waals surface area contributed by atoms with E-state index in [1.54, 1.807) is 14.0 Å². The number of aryl methyl sites for hydroxylation is 1. The van der Waals surface area contributed by atoms with E-state index >= 15 is 0 Å². The average molecular weight is 425 g/mol. The molecule has 2 saturated carbocycles. The van der Waals surface area contributed by atoms with E-state index in [2.05, 4.69) is 30.4 Å². The number of aliphatic hydroxyl groups is 1. The van der Waals surface area contributed by atoms with Crippen LogP contribution in [0.1, 0.15) is 56.6 Å². The van der Waals surface area contributed by atoms with Gasteiger partial charge in [0.15, 0.2) is 5.57 Å². The van der Waals surface area contributed by atoms with Crippen LogP contribution in [0.3, 0.4) is 0 Å². The van der Waals surface area contributed by atoms with E-state index < -0.39 is 12.1 Å². The van der Waals surface area contributed by atoms with Crippen LogP contribution in [-0.4, -0.2) is 36.9 Å². The van der Waals surface area contributed by atoms with Crippen molar-refractivity contribution in [3.63, 3.8) is 0 Å². The van der Waals surface area contributed by atoms with E-state index in [9.17, 15) is 15.2 Å². The number of nitriles is 1. The van der Waals surface area contributed by atoms with Crippen molar-refractivity contribution in [1.82, 2.24) is 5.32 Å². The molecule has 31 heavy (non-hydrogen) atoms. The van der Waals surface area contributed by atoms with Crippen LogP contribution in [0.2, 0.25) is 0 Å². The molecule has 6 atom stereocenters. The number of aliphatic hydroxyl groups excluding tert-OH is 1. The molecule has 3 aliphatic carbocycles. The molecule has 0 aliphatic heterocycles. The summed E-state index contributed by atoms with van der Waals surface area (Å²) >= 11 is 0. The van der Waals surface area contributed by atoms with Gasteiger partial charge < -0.3 is 19.9 Å². The second-order valence-corrected chi connectivity index (χ2v) is 9.37. The molecule has 0 heterocycles. The Morgan fingerprint density at radius 2 is 2.23 bits per heavy atom. The quantitative estimate of drug-likeness (QED) is 0.427. The normalized spacial score (nSPS) is 34.0. The Morgan fingerprint density at radius 1 is 1.42 bits per heavy atom. The molecule has 6 heteroatoms. The van der Waals surface area contributed by atoms with Crippen LogP contribution < -0.4 is 10.1 Å². The molecule has 2 fully saturated rings. The number of nitrogens with zero attached hydrogens (tertiary/aromatic N) is 1. The van der Waals surface area contributed by atoms with E-state index in [-0.39, 0.29) is 23.6 Å². The predicted molar refractivity (Wildman–Crippen MR) is 116 cm³/mol. The standard InChI is InChI=1S/C25H32N2O4/c1-4-31-24(29)16(13-26)14-27-22-12-21-20-7-5-15-11-17(30-3)6-8-18(15)19(20)9-10-25(21,2)23(22)28/h6,8,11,14,19-23,27-28H,4-5,7,9-10,12H2,1-3H3/b16-14-/t19-,20-,21+,22-,23-,25+/m1/s1. The lowest BCUT2D eigenvalue weighted by molar-refractivity contribution is -0.138. The van der Waals surface area contributed by atoms with Gasteiger partial charge in [0.2, 0.25) is 0 Å². The summed E-state index contributed by atoms with van der Waals surface area (Å²) in [5, 5.41) is 23.7. The van der Waals surface area contributed by atoms with Crippen molar-refractivity contribution in [1.29, 1.82) is 5.26 Å². The Morgan fingerprint density at radius 3 is 2.94 bits per heavy atom. The monoisotopic (exact) mass is 424 g/mol. The van der Waals surface area contributed by atoms with E-state index in [1.165, 1.54) is 17.3 Å². The van der Waals surface area contributed by atoms with Crippen molar-refractivity contribution in [3.8, 4) is 11.8 Å². The Bertz CT molecular complexity index is 921. The number of methoxy groups -OCH3 is 1. The Kier molecular flexibility index (Phi) is 5.98. The second-order valence-electron chi connectivity index (χ2n) is 9.37. The number of carbonyl (C=O) groups is 1. The molecule has 0 unspecified atom stereocenters. The molecule has 166 valence electrons. The molecule has 4 rings (SSSR count). The fraction of sp³-hybridized carbons (Fsp3) is 0.600. The minimum atomic E-state index is -0.631. The van der Waals surface area contributed by atoms with Crippen LogP contribution in [0.25, 0.3) is 0 Å². The third-order valence-corrected chi connectivity index (χ3v) is 7.99. The number of hydrogen-bond acceptors (Lipinski definition) is 6. The van der Waals surface area contributed by atoms with E-state index in [1.807, 2.05) is 6.07 Å². The number of fused-ring (bicyclic) bond motifs is 5. The van der Waals surface area contributed by atoms with Crippen LogP contribution >= 0.6 is 0 Å². The van der Waals surface area contributed by atoms with Crippen LogP contribution in [0.4, 0.5) is 0 Å². The molecule has 0 spiro atoms. The molecule has 1 aromatic rings. The maximum Gasteiger partial charge on any atom is 0.350 e. The number of esters is 1. The lowest BCUT2D eigenvalue weighted by atomic mass is 9.55. The summed E-state index contributed by atoms with van der Waals surface area (Å²) in [4.78, 5) is 11.9. The molecular formula is C25H32N2O4. The molecule has 1 aromatic carbocycles. The third-order valence-electron chi connectivity index (χ3n) is 7.99. The van der Waals surface area contributed by atoms with Gasteiger partial charge in [-0.15, -0.1) is 0 Å². The Labute approximate surface area is 184 Å². The summed E-state index contributed by atoms with van der Waals surface area (Å²) in [6.07, 6.45) is 5.94. The van der Waals surface area contributed by atoms with Gasteiger partial charge in [0.25, 0.3) is 0 Å². The fourth-order valence-electron chi connectivity index (χ4n) is 6.40. The first-order valence-corrected chi connectivity index (χ1v) is 11.3. The first kappa shape index (κ1) is 21.7. The molecule has 0 saturated heterocycles. The van der Waals surface area contributed by atoms with Gasteiger partial charge in [-0.25, -0.2) is 4.79 Å².